The van der Waals surface area contributed by atoms with Gasteiger partial charge in [-0.05, 0) is 31.3 Å². The predicted octanol–water partition coefficient (Wildman–Crippen LogP) is 2.28. The maximum atomic E-state index is 5.24. The van der Waals surface area contributed by atoms with Gasteiger partial charge in [-0.2, -0.15) is 0 Å². The fourth-order valence-electron chi connectivity index (χ4n) is 1.59. The van der Waals surface area contributed by atoms with Gasteiger partial charge in [0.05, 0.1) is 6.61 Å². The first-order chi connectivity index (χ1) is 4.97. The van der Waals surface area contributed by atoms with E-state index in [-0.39, 0.29) is 0 Å². The molecule has 0 aromatic heterocycles. The number of allylic oxidation sites excluding steroid dienone is 1. The van der Waals surface area contributed by atoms with Gasteiger partial charge in [-0.25, -0.2) is 0 Å². The molecule has 0 unspecified atom stereocenters. The monoisotopic (exact) mass is 138 g/mol. The van der Waals surface area contributed by atoms with Crippen molar-refractivity contribution in [3.8, 4) is 0 Å². The fraction of sp³-hybridized carbons (Fsp3) is 0.778. The van der Waals surface area contributed by atoms with E-state index in [1.165, 1.54) is 32.1 Å². The molecule has 2 rings (SSSR count). The lowest BCUT2D eigenvalue weighted by Gasteiger charge is -1.97. The summed E-state index contributed by atoms with van der Waals surface area (Å²) >= 11 is 0. The minimum atomic E-state index is 0.540. The molecule has 0 saturated carbocycles. The highest BCUT2D eigenvalue weighted by molar-refractivity contribution is 5.13. The van der Waals surface area contributed by atoms with Crippen LogP contribution in [0, 0.1) is 0 Å². The molecule has 1 nitrogen and oxygen atoms in total. The Kier molecular flexibility index (Phi) is 1.76. The Balaban J connectivity index is 1.95. The Morgan fingerprint density at radius 3 is 3.00 bits per heavy atom. The van der Waals surface area contributed by atoms with E-state index in [1.54, 1.807) is 5.57 Å². The highest BCUT2D eigenvalue weighted by atomic mass is 16.6. The molecule has 0 aromatic rings. The highest BCUT2D eigenvalue weighted by Gasteiger charge is 2.26. The van der Waals surface area contributed by atoms with Crippen molar-refractivity contribution in [1.82, 2.24) is 0 Å². The fourth-order valence-corrected chi connectivity index (χ4v) is 1.59. The Labute approximate surface area is 62.1 Å². The van der Waals surface area contributed by atoms with Gasteiger partial charge in [0.1, 0.15) is 6.10 Å². The topological polar surface area (TPSA) is 12.5 Å². The largest absolute Gasteiger partial charge is 0.368 e. The Morgan fingerprint density at radius 1 is 1.30 bits per heavy atom. The first-order valence-corrected chi connectivity index (χ1v) is 4.27. The van der Waals surface area contributed by atoms with Crippen LogP contribution in [-0.2, 0) is 4.74 Å². The molecule has 0 aromatic carbocycles. The molecule has 0 radical (unpaired) electrons. The summed E-state index contributed by atoms with van der Waals surface area (Å²) in [5.41, 5.74) is 1.58. The lowest BCUT2D eigenvalue weighted by atomic mass is 10.1. The van der Waals surface area contributed by atoms with Crippen molar-refractivity contribution in [2.75, 3.05) is 6.61 Å². The number of hydrogen-bond donors (Lipinski definition) is 0. The Bertz CT molecular complexity index is 145. The van der Waals surface area contributed by atoms with Gasteiger partial charge in [-0.15, -0.1) is 0 Å². The summed E-state index contributed by atoms with van der Waals surface area (Å²) in [5.74, 6) is 0. The molecular weight excluding hydrogens is 124 g/mol. The van der Waals surface area contributed by atoms with Crippen molar-refractivity contribution in [3.05, 3.63) is 11.6 Å². The summed E-state index contributed by atoms with van der Waals surface area (Å²) < 4.78 is 5.24. The van der Waals surface area contributed by atoms with Crippen LogP contribution >= 0.6 is 0 Å². The molecule has 10 heavy (non-hydrogen) atoms. The molecule has 0 N–H and O–H groups in total. The van der Waals surface area contributed by atoms with Crippen molar-refractivity contribution < 1.29 is 4.74 Å². The van der Waals surface area contributed by atoms with E-state index in [9.17, 15) is 0 Å². The van der Waals surface area contributed by atoms with Gasteiger partial charge < -0.3 is 4.74 Å². The summed E-state index contributed by atoms with van der Waals surface area (Å²) in [6, 6.07) is 0. The third-order valence-electron chi connectivity index (χ3n) is 2.32. The normalized spacial score (nSPS) is 32.8. The first-order valence-electron chi connectivity index (χ1n) is 4.27. The summed E-state index contributed by atoms with van der Waals surface area (Å²) in [6.07, 6.45) is 9.69. The van der Waals surface area contributed by atoms with Crippen LogP contribution in [0.4, 0.5) is 0 Å². The van der Waals surface area contributed by atoms with Crippen LogP contribution in [0.1, 0.15) is 32.1 Å². The molecule has 1 aliphatic heterocycles. The van der Waals surface area contributed by atoms with Crippen LogP contribution in [0.25, 0.3) is 0 Å². The minimum Gasteiger partial charge on any atom is -0.368 e. The van der Waals surface area contributed by atoms with E-state index in [0.717, 1.165) is 6.61 Å². The smallest absolute Gasteiger partial charge is 0.102 e. The molecule has 0 amide bonds. The van der Waals surface area contributed by atoms with Gasteiger partial charge >= 0.3 is 0 Å². The van der Waals surface area contributed by atoms with Crippen molar-refractivity contribution in [1.29, 1.82) is 0 Å². The lowest BCUT2D eigenvalue weighted by Crippen LogP contribution is -1.90. The first kappa shape index (κ1) is 6.41. The second-order valence-corrected chi connectivity index (χ2v) is 3.20. The van der Waals surface area contributed by atoms with Gasteiger partial charge in [0.2, 0.25) is 0 Å². The molecular formula is C9H14O. The molecule has 2 aliphatic rings. The van der Waals surface area contributed by atoms with Gasteiger partial charge in [0.15, 0.2) is 0 Å². The number of hydrogen-bond acceptors (Lipinski definition) is 1. The van der Waals surface area contributed by atoms with Crippen molar-refractivity contribution in [3.63, 3.8) is 0 Å². The molecule has 0 bridgehead atoms. The zero-order valence-electron chi connectivity index (χ0n) is 6.31. The van der Waals surface area contributed by atoms with E-state index in [2.05, 4.69) is 6.08 Å². The van der Waals surface area contributed by atoms with Crippen molar-refractivity contribution in [2.24, 2.45) is 0 Å². The maximum absolute atomic E-state index is 5.24. The number of ether oxygens (including phenoxy) is 1. The summed E-state index contributed by atoms with van der Waals surface area (Å²) in [7, 11) is 0. The van der Waals surface area contributed by atoms with Crippen LogP contribution < -0.4 is 0 Å². The summed E-state index contributed by atoms with van der Waals surface area (Å²) in [4.78, 5) is 0. The van der Waals surface area contributed by atoms with Gasteiger partial charge in [-0.1, -0.05) is 12.5 Å². The zero-order valence-corrected chi connectivity index (χ0v) is 6.31. The van der Waals surface area contributed by atoms with E-state index >= 15 is 0 Å². The van der Waals surface area contributed by atoms with E-state index in [4.69, 9.17) is 4.74 Å². The summed E-state index contributed by atoms with van der Waals surface area (Å²) in [5, 5.41) is 0. The third-order valence-corrected chi connectivity index (χ3v) is 2.32. The molecule has 56 valence electrons. The maximum Gasteiger partial charge on any atom is 0.102 e. The second kappa shape index (κ2) is 2.75. The quantitative estimate of drug-likeness (QED) is 0.400. The standard InChI is InChI=1S/C9H14O/c1-2-4-6-8(5-3-1)9-7-10-9/h5,9H,1-4,6-7H2/t9-/m1/s1. The molecule has 1 heterocycles. The van der Waals surface area contributed by atoms with E-state index in [0.29, 0.717) is 6.10 Å². The lowest BCUT2D eigenvalue weighted by molar-refractivity contribution is 0.426. The molecule has 1 saturated heterocycles. The molecule has 1 atom stereocenters. The van der Waals surface area contributed by atoms with Gasteiger partial charge in [0, 0.05) is 0 Å². The van der Waals surface area contributed by atoms with Crippen LogP contribution in [0.2, 0.25) is 0 Å². The number of epoxide rings is 1. The predicted molar refractivity (Wildman–Crippen MR) is 40.9 cm³/mol. The zero-order chi connectivity index (χ0) is 6.81. The molecule has 0 spiro atoms. The van der Waals surface area contributed by atoms with Crippen LogP contribution in [0.15, 0.2) is 11.6 Å². The van der Waals surface area contributed by atoms with Crippen LogP contribution in [-0.4, -0.2) is 12.7 Å². The molecule has 1 aliphatic carbocycles. The summed E-state index contributed by atoms with van der Waals surface area (Å²) in [6.45, 7) is 0.992. The van der Waals surface area contributed by atoms with Crippen LogP contribution in [0.5, 0.6) is 0 Å². The van der Waals surface area contributed by atoms with E-state index in [1.807, 2.05) is 0 Å². The van der Waals surface area contributed by atoms with Crippen molar-refractivity contribution >= 4 is 0 Å². The average Bonchev–Trinajstić information content (AvgIpc) is 2.76. The number of rotatable bonds is 1. The highest BCUT2D eigenvalue weighted by Crippen LogP contribution is 2.27. The SMILES string of the molecule is C1=C([C@H]2CO2)CCCCC1. The Morgan fingerprint density at radius 2 is 2.20 bits per heavy atom. The third kappa shape index (κ3) is 1.40. The Hall–Kier alpha value is -0.300. The van der Waals surface area contributed by atoms with E-state index < -0.39 is 0 Å². The van der Waals surface area contributed by atoms with Gasteiger partial charge in [0.25, 0.3) is 0 Å². The van der Waals surface area contributed by atoms with Gasteiger partial charge in [-0.3, -0.25) is 0 Å². The second-order valence-electron chi connectivity index (χ2n) is 3.20. The average molecular weight is 138 g/mol. The van der Waals surface area contributed by atoms with Crippen LogP contribution in [0.3, 0.4) is 0 Å². The molecule has 1 fully saturated rings. The minimum absolute atomic E-state index is 0.540. The molecule has 1 heteroatoms. The van der Waals surface area contributed by atoms with Crippen molar-refractivity contribution in [2.45, 2.75) is 38.2 Å².